The van der Waals surface area contributed by atoms with Crippen LogP contribution >= 0.6 is 0 Å². The lowest BCUT2D eigenvalue weighted by Crippen LogP contribution is -2.21. The molecule has 1 aromatic carbocycles. The zero-order valence-electron chi connectivity index (χ0n) is 11.8. The summed E-state index contributed by atoms with van der Waals surface area (Å²) in [4.78, 5) is 0. The molecule has 2 aromatic rings. The van der Waals surface area contributed by atoms with Gasteiger partial charge in [0.05, 0.1) is 19.4 Å². The minimum absolute atomic E-state index is 0.438. The summed E-state index contributed by atoms with van der Waals surface area (Å²) in [5.41, 5.74) is 2.25. The molecule has 3 heteroatoms. The van der Waals surface area contributed by atoms with E-state index in [2.05, 4.69) is 25.2 Å². The van der Waals surface area contributed by atoms with Gasteiger partial charge in [-0.2, -0.15) is 0 Å². The molecule has 3 nitrogen and oxygen atoms in total. The number of hydrogen-bond donors (Lipinski definition) is 1. The van der Waals surface area contributed by atoms with Crippen molar-refractivity contribution >= 4 is 0 Å². The van der Waals surface area contributed by atoms with E-state index in [4.69, 9.17) is 9.15 Å². The first-order valence-electron chi connectivity index (χ1n) is 6.73. The summed E-state index contributed by atoms with van der Waals surface area (Å²) in [5, 5.41) is 3.37. The summed E-state index contributed by atoms with van der Waals surface area (Å²) in [6.45, 7) is 7.65. The predicted octanol–water partition coefficient (Wildman–Crippen LogP) is 3.84. The van der Waals surface area contributed by atoms with E-state index in [0.29, 0.717) is 12.6 Å². The second-order valence-corrected chi connectivity index (χ2v) is 4.75. The Bertz CT molecular complexity index is 517. The van der Waals surface area contributed by atoms with Crippen molar-refractivity contribution in [2.24, 2.45) is 0 Å². The Labute approximate surface area is 114 Å². The van der Waals surface area contributed by atoms with Crippen molar-refractivity contribution in [2.75, 3.05) is 6.61 Å². The van der Waals surface area contributed by atoms with Gasteiger partial charge in [-0.25, -0.2) is 0 Å². The molecule has 0 saturated heterocycles. The Morgan fingerprint density at radius 1 is 1.26 bits per heavy atom. The Hall–Kier alpha value is -1.74. The first-order chi connectivity index (χ1) is 9.20. The number of benzene rings is 1. The van der Waals surface area contributed by atoms with E-state index in [0.717, 1.165) is 29.2 Å². The zero-order valence-corrected chi connectivity index (χ0v) is 11.8. The first-order valence-corrected chi connectivity index (χ1v) is 6.73. The molecule has 2 rings (SSSR count). The third kappa shape index (κ3) is 3.61. The number of furan rings is 1. The maximum atomic E-state index is 5.57. The van der Waals surface area contributed by atoms with Gasteiger partial charge in [-0.1, -0.05) is 26.0 Å². The van der Waals surface area contributed by atoms with E-state index in [1.807, 2.05) is 31.2 Å². The molecule has 19 heavy (non-hydrogen) atoms. The lowest BCUT2D eigenvalue weighted by molar-refractivity contribution is 0.340. The highest BCUT2D eigenvalue weighted by Gasteiger charge is 2.09. The average Bonchev–Trinajstić information content (AvgIpc) is 2.85. The SMILES string of the molecule is CCOc1cccc(-c2ccoc2CNC(C)C)c1. The Morgan fingerprint density at radius 2 is 2.11 bits per heavy atom. The van der Waals surface area contributed by atoms with Gasteiger partial charge in [0.1, 0.15) is 11.5 Å². The molecule has 0 atom stereocenters. The molecule has 0 aliphatic carbocycles. The maximum Gasteiger partial charge on any atom is 0.125 e. The fourth-order valence-corrected chi connectivity index (χ4v) is 1.95. The van der Waals surface area contributed by atoms with E-state index >= 15 is 0 Å². The van der Waals surface area contributed by atoms with Gasteiger partial charge in [0.2, 0.25) is 0 Å². The molecule has 0 unspecified atom stereocenters. The Balaban J connectivity index is 2.21. The molecule has 0 aliphatic rings. The molecule has 1 aromatic heterocycles. The number of rotatable bonds is 6. The molecule has 0 bridgehead atoms. The minimum atomic E-state index is 0.438. The van der Waals surface area contributed by atoms with Gasteiger partial charge in [-0.3, -0.25) is 0 Å². The van der Waals surface area contributed by atoms with Crippen LogP contribution in [0.5, 0.6) is 5.75 Å². The first kappa shape index (κ1) is 13.7. The van der Waals surface area contributed by atoms with E-state index in [1.54, 1.807) is 6.26 Å². The van der Waals surface area contributed by atoms with Crippen LogP contribution in [0.2, 0.25) is 0 Å². The second-order valence-electron chi connectivity index (χ2n) is 4.75. The maximum absolute atomic E-state index is 5.57. The van der Waals surface area contributed by atoms with E-state index in [-0.39, 0.29) is 0 Å². The highest BCUT2D eigenvalue weighted by molar-refractivity contribution is 5.66. The van der Waals surface area contributed by atoms with Crippen LogP contribution in [0.25, 0.3) is 11.1 Å². The monoisotopic (exact) mass is 259 g/mol. The summed E-state index contributed by atoms with van der Waals surface area (Å²) in [7, 11) is 0. The number of nitrogens with one attached hydrogen (secondary N) is 1. The van der Waals surface area contributed by atoms with Crippen LogP contribution in [0.1, 0.15) is 26.5 Å². The minimum Gasteiger partial charge on any atom is -0.494 e. The van der Waals surface area contributed by atoms with Gasteiger partial charge in [0.15, 0.2) is 0 Å². The van der Waals surface area contributed by atoms with Crippen LogP contribution in [-0.2, 0) is 6.54 Å². The van der Waals surface area contributed by atoms with Gasteiger partial charge in [-0.15, -0.1) is 0 Å². The highest BCUT2D eigenvalue weighted by Crippen LogP contribution is 2.28. The Morgan fingerprint density at radius 3 is 2.84 bits per heavy atom. The van der Waals surface area contributed by atoms with Crippen molar-refractivity contribution in [3.63, 3.8) is 0 Å². The van der Waals surface area contributed by atoms with Crippen LogP contribution in [-0.4, -0.2) is 12.6 Å². The van der Waals surface area contributed by atoms with Crippen molar-refractivity contribution in [3.05, 3.63) is 42.4 Å². The van der Waals surface area contributed by atoms with Crippen molar-refractivity contribution in [2.45, 2.75) is 33.4 Å². The van der Waals surface area contributed by atoms with E-state index in [1.165, 1.54) is 0 Å². The summed E-state index contributed by atoms with van der Waals surface area (Å²) in [6, 6.07) is 10.5. The topological polar surface area (TPSA) is 34.4 Å². The van der Waals surface area contributed by atoms with Crippen molar-refractivity contribution in [1.29, 1.82) is 0 Å². The number of hydrogen-bond acceptors (Lipinski definition) is 3. The lowest BCUT2D eigenvalue weighted by Gasteiger charge is -2.09. The molecule has 1 N–H and O–H groups in total. The summed E-state index contributed by atoms with van der Waals surface area (Å²) >= 11 is 0. The molecular weight excluding hydrogens is 238 g/mol. The number of ether oxygens (including phenoxy) is 1. The molecule has 0 aliphatic heterocycles. The predicted molar refractivity (Wildman–Crippen MR) is 77.3 cm³/mol. The summed E-state index contributed by atoms with van der Waals surface area (Å²) < 4.78 is 11.1. The third-order valence-corrected chi connectivity index (χ3v) is 2.87. The molecule has 0 saturated carbocycles. The normalized spacial score (nSPS) is 10.9. The molecule has 0 amide bonds. The quantitative estimate of drug-likeness (QED) is 0.855. The van der Waals surface area contributed by atoms with Crippen LogP contribution in [0.15, 0.2) is 41.0 Å². The average molecular weight is 259 g/mol. The lowest BCUT2D eigenvalue weighted by atomic mass is 10.1. The van der Waals surface area contributed by atoms with Crippen LogP contribution in [0.4, 0.5) is 0 Å². The van der Waals surface area contributed by atoms with Crippen molar-refractivity contribution < 1.29 is 9.15 Å². The summed E-state index contributed by atoms with van der Waals surface area (Å²) in [5.74, 6) is 1.85. The van der Waals surface area contributed by atoms with Crippen molar-refractivity contribution in [1.82, 2.24) is 5.32 Å². The van der Waals surface area contributed by atoms with Crippen LogP contribution in [0.3, 0.4) is 0 Å². The van der Waals surface area contributed by atoms with Gasteiger partial charge in [0, 0.05) is 11.6 Å². The van der Waals surface area contributed by atoms with Gasteiger partial charge < -0.3 is 14.5 Å². The molecule has 1 heterocycles. The Kier molecular flexibility index (Phi) is 4.63. The van der Waals surface area contributed by atoms with E-state index < -0.39 is 0 Å². The van der Waals surface area contributed by atoms with Crippen LogP contribution in [0, 0.1) is 0 Å². The smallest absolute Gasteiger partial charge is 0.125 e. The van der Waals surface area contributed by atoms with Crippen molar-refractivity contribution in [3.8, 4) is 16.9 Å². The molecule has 0 spiro atoms. The van der Waals surface area contributed by atoms with Crippen LogP contribution < -0.4 is 10.1 Å². The standard InChI is InChI=1S/C16H21NO2/c1-4-18-14-7-5-6-13(10-14)15-8-9-19-16(15)11-17-12(2)3/h5-10,12,17H,4,11H2,1-3H3. The molecule has 102 valence electrons. The van der Waals surface area contributed by atoms with Gasteiger partial charge in [0.25, 0.3) is 0 Å². The van der Waals surface area contributed by atoms with Gasteiger partial charge in [-0.05, 0) is 30.7 Å². The highest BCUT2D eigenvalue weighted by atomic mass is 16.5. The largest absolute Gasteiger partial charge is 0.494 e. The van der Waals surface area contributed by atoms with Gasteiger partial charge >= 0.3 is 0 Å². The summed E-state index contributed by atoms with van der Waals surface area (Å²) in [6.07, 6.45) is 1.74. The molecule has 0 fully saturated rings. The zero-order chi connectivity index (χ0) is 13.7. The second kappa shape index (κ2) is 6.43. The fraction of sp³-hybridized carbons (Fsp3) is 0.375. The van der Waals surface area contributed by atoms with E-state index in [9.17, 15) is 0 Å². The molecular formula is C16H21NO2. The fourth-order valence-electron chi connectivity index (χ4n) is 1.95. The third-order valence-electron chi connectivity index (χ3n) is 2.87. The molecule has 0 radical (unpaired) electrons.